The largest absolute Gasteiger partial charge is 0.174 e. The van der Waals surface area contributed by atoms with Gasteiger partial charge in [-0.05, 0) is 6.58 Å². The predicted octanol–water partition coefficient (Wildman–Crippen LogP) is 1.07. The monoisotopic (exact) mass is 106 g/mol. The molecule has 1 heterocycles. The summed E-state index contributed by atoms with van der Waals surface area (Å²) in [4.78, 5) is 0. The normalized spacial score (nSPS) is 8.50. The van der Waals surface area contributed by atoms with Crippen LogP contribution in [0.25, 0.3) is 6.20 Å². The minimum absolute atomic E-state index is 1.75. The third kappa shape index (κ3) is 0.936. The van der Waals surface area contributed by atoms with Crippen LogP contribution in [0.4, 0.5) is 0 Å². The van der Waals surface area contributed by atoms with Gasteiger partial charge in [0, 0.05) is 12.1 Å². The smallest absolute Gasteiger partial charge is 0.174 e. The van der Waals surface area contributed by atoms with E-state index in [0.717, 1.165) is 0 Å². The minimum atomic E-state index is 1.75. The average Bonchev–Trinajstić information content (AvgIpc) is 1.90. The van der Waals surface area contributed by atoms with Crippen LogP contribution in [0.5, 0.6) is 0 Å². The van der Waals surface area contributed by atoms with Crippen molar-refractivity contribution >= 4 is 6.20 Å². The Labute approximate surface area is 48.9 Å². The van der Waals surface area contributed by atoms with E-state index in [9.17, 15) is 0 Å². The van der Waals surface area contributed by atoms with Gasteiger partial charge >= 0.3 is 0 Å². The molecule has 0 spiro atoms. The molecule has 1 nitrogen and oxygen atoms in total. The SMILES string of the molecule is C=C[n+]1ccccc1. The van der Waals surface area contributed by atoms with E-state index in [1.165, 1.54) is 0 Å². The van der Waals surface area contributed by atoms with Crippen LogP contribution in [-0.2, 0) is 0 Å². The first-order valence-corrected chi connectivity index (χ1v) is 2.52. The molecule has 40 valence electrons. The summed E-state index contributed by atoms with van der Waals surface area (Å²) in [6.45, 7) is 3.59. The summed E-state index contributed by atoms with van der Waals surface area (Å²) in [7, 11) is 0. The maximum absolute atomic E-state index is 3.59. The summed E-state index contributed by atoms with van der Waals surface area (Å²) >= 11 is 0. The second kappa shape index (κ2) is 2.26. The van der Waals surface area contributed by atoms with Crippen LogP contribution >= 0.6 is 0 Å². The van der Waals surface area contributed by atoms with Crippen LogP contribution in [-0.4, -0.2) is 0 Å². The number of nitrogens with zero attached hydrogens (tertiary/aromatic N) is 1. The second-order valence-corrected chi connectivity index (χ2v) is 1.51. The molecule has 0 aliphatic carbocycles. The maximum atomic E-state index is 3.59. The van der Waals surface area contributed by atoms with Crippen LogP contribution in [0.3, 0.4) is 0 Å². The van der Waals surface area contributed by atoms with Crippen molar-refractivity contribution in [2.75, 3.05) is 0 Å². The van der Waals surface area contributed by atoms with Crippen molar-refractivity contribution in [2.24, 2.45) is 0 Å². The average molecular weight is 106 g/mol. The first-order valence-electron chi connectivity index (χ1n) is 2.52. The van der Waals surface area contributed by atoms with Crippen LogP contribution < -0.4 is 4.57 Å². The third-order valence-electron chi connectivity index (χ3n) is 0.949. The first kappa shape index (κ1) is 5.04. The van der Waals surface area contributed by atoms with E-state index in [1.807, 2.05) is 35.2 Å². The van der Waals surface area contributed by atoms with Crippen molar-refractivity contribution in [1.82, 2.24) is 0 Å². The van der Waals surface area contributed by atoms with Crippen LogP contribution in [0, 0.1) is 0 Å². The van der Waals surface area contributed by atoms with Crippen molar-refractivity contribution in [3.63, 3.8) is 0 Å². The molecule has 0 saturated carbocycles. The lowest BCUT2D eigenvalue weighted by Crippen LogP contribution is -2.22. The Bertz CT molecular complexity index is 167. The van der Waals surface area contributed by atoms with Crippen LogP contribution in [0.1, 0.15) is 0 Å². The first-order chi connectivity index (χ1) is 3.93. The predicted molar refractivity (Wildman–Crippen MR) is 33.0 cm³/mol. The molecule has 1 rings (SSSR count). The Balaban J connectivity index is 2.99. The van der Waals surface area contributed by atoms with Crippen molar-refractivity contribution in [2.45, 2.75) is 0 Å². The van der Waals surface area contributed by atoms with Crippen molar-refractivity contribution in [3.05, 3.63) is 37.2 Å². The molecule has 0 aliphatic rings. The van der Waals surface area contributed by atoms with Crippen LogP contribution in [0.2, 0.25) is 0 Å². The van der Waals surface area contributed by atoms with E-state index in [2.05, 4.69) is 6.58 Å². The van der Waals surface area contributed by atoms with Crippen molar-refractivity contribution in [1.29, 1.82) is 0 Å². The molecule has 8 heavy (non-hydrogen) atoms. The van der Waals surface area contributed by atoms with Crippen LogP contribution in [0.15, 0.2) is 37.2 Å². The number of rotatable bonds is 1. The molecule has 0 radical (unpaired) electrons. The Morgan fingerprint density at radius 1 is 1.12 bits per heavy atom. The molecule has 0 unspecified atom stereocenters. The molecule has 0 aromatic carbocycles. The summed E-state index contributed by atoms with van der Waals surface area (Å²) in [6.07, 6.45) is 5.62. The van der Waals surface area contributed by atoms with Gasteiger partial charge in [0.05, 0.1) is 0 Å². The highest BCUT2D eigenvalue weighted by atomic mass is 14.9. The van der Waals surface area contributed by atoms with Gasteiger partial charge in [-0.25, -0.2) is 0 Å². The zero-order valence-electron chi connectivity index (χ0n) is 4.62. The summed E-state index contributed by atoms with van der Waals surface area (Å²) in [5.74, 6) is 0. The lowest BCUT2D eigenvalue weighted by molar-refractivity contribution is -0.567. The van der Waals surface area contributed by atoms with Gasteiger partial charge in [-0.2, -0.15) is 4.57 Å². The third-order valence-corrected chi connectivity index (χ3v) is 0.949. The summed E-state index contributed by atoms with van der Waals surface area (Å²) in [5, 5.41) is 0. The fourth-order valence-electron chi connectivity index (χ4n) is 0.534. The quantitative estimate of drug-likeness (QED) is 0.471. The van der Waals surface area contributed by atoms with E-state index in [-0.39, 0.29) is 0 Å². The minimum Gasteiger partial charge on any atom is -0.174 e. The van der Waals surface area contributed by atoms with Gasteiger partial charge in [-0.15, -0.1) is 0 Å². The van der Waals surface area contributed by atoms with Gasteiger partial charge in [-0.3, -0.25) is 0 Å². The molecule has 1 aromatic rings. The lowest BCUT2D eigenvalue weighted by Gasteiger charge is -1.79. The molecular formula is C7H8N+. The molecule has 1 heteroatoms. The van der Waals surface area contributed by atoms with E-state index < -0.39 is 0 Å². The molecule has 0 N–H and O–H groups in total. The van der Waals surface area contributed by atoms with E-state index in [0.29, 0.717) is 0 Å². The molecule has 0 aliphatic heterocycles. The van der Waals surface area contributed by atoms with E-state index in [4.69, 9.17) is 0 Å². The number of pyridine rings is 1. The fourth-order valence-corrected chi connectivity index (χ4v) is 0.534. The number of aromatic nitrogens is 1. The van der Waals surface area contributed by atoms with Crippen molar-refractivity contribution in [3.8, 4) is 0 Å². The molecule has 0 bridgehead atoms. The highest BCUT2D eigenvalue weighted by Gasteiger charge is 1.83. The summed E-state index contributed by atoms with van der Waals surface area (Å²) in [5.41, 5.74) is 0. The maximum Gasteiger partial charge on any atom is 0.174 e. The molecule has 1 aromatic heterocycles. The Morgan fingerprint density at radius 3 is 2.12 bits per heavy atom. The Morgan fingerprint density at radius 2 is 1.75 bits per heavy atom. The van der Waals surface area contributed by atoms with Gasteiger partial charge in [-0.1, -0.05) is 6.07 Å². The van der Waals surface area contributed by atoms with Gasteiger partial charge in [0.15, 0.2) is 18.6 Å². The summed E-state index contributed by atoms with van der Waals surface area (Å²) in [6, 6.07) is 5.89. The van der Waals surface area contributed by atoms with Crippen molar-refractivity contribution < 1.29 is 4.57 Å². The van der Waals surface area contributed by atoms with Gasteiger partial charge in [0.25, 0.3) is 0 Å². The zero-order chi connectivity index (χ0) is 5.82. The highest BCUT2D eigenvalue weighted by molar-refractivity contribution is 4.97. The zero-order valence-corrected chi connectivity index (χ0v) is 4.62. The summed E-state index contributed by atoms with van der Waals surface area (Å²) < 4.78 is 1.89. The highest BCUT2D eigenvalue weighted by Crippen LogP contribution is 1.74. The molecule has 0 fully saturated rings. The molecule has 0 saturated heterocycles. The topological polar surface area (TPSA) is 3.88 Å². The molecule has 0 atom stereocenters. The second-order valence-electron chi connectivity index (χ2n) is 1.51. The lowest BCUT2D eigenvalue weighted by atomic mass is 10.5. The van der Waals surface area contributed by atoms with E-state index in [1.54, 1.807) is 6.20 Å². The Hall–Kier alpha value is -1.11. The van der Waals surface area contributed by atoms with Gasteiger partial charge in [0.2, 0.25) is 0 Å². The fraction of sp³-hybridized carbons (Fsp3) is 0. The van der Waals surface area contributed by atoms with E-state index >= 15 is 0 Å². The Kier molecular flexibility index (Phi) is 1.42. The molecule has 0 amide bonds. The molecular weight excluding hydrogens is 98.1 g/mol. The number of hydrogen-bond donors (Lipinski definition) is 0. The number of hydrogen-bond acceptors (Lipinski definition) is 0. The van der Waals surface area contributed by atoms with Gasteiger partial charge in [0.1, 0.15) is 0 Å². The standard InChI is InChI=1S/C7H8N/c1-2-8-6-4-3-5-7-8/h2-7H,1H2/q+1. The van der Waals surface area contributed by atoms with Gasteiger partial charge < -0.3 is 0 Å².